The van der Waals surface area contributed by atoms with Gasteiger partial charge >= 0.3 is 0 Å². The van der Waals surface area contributed by atoms with Gasteiger partial charge in [0.2, 0.25) is 5.88 Å². The predicted molar refractivity (Wildman–Crippen MR) is 64.3 cm³/mol. The Morgan fingerprint density at radius 1 is 1.81 bits per heavy atom. The first-order chi connectivity index (χ1) is 7.60. The Morgan fingerprint density at radius 2 is 2.50 bits per heavy atom. The molecule has 2 N–H and O–H groups in total. The van der Waals surface area contributed by atoms with Crippen LogP contribution in [0.4, 0.5) is 0 Å². The van der Waals surface area contributed by atoms with Gasteiger partial charge in [-0.2, -0.15) is 5.10 Å². The van der Waals surface area contributed by atoms with Crippen molar-refractivity contribution >= 4 is 5.71 Å². The molecule has 0 bridgehead atoms. The molecule has 1 aromatic heterocycles. The number of aryl methyl sites for hydroxylation is 1. The van der Waals surface area contributed by atoms with E-state index in [1.165, 1.54) is 6.08 Å². The molecule has 0 spiro atoms. The molecule has 0 amide bonds. The molecule has 1 rings (SSSR count). The van der Waals surface area contributed by atoms with Gasteiger partial charge in [0.1, 0.15) is 6.10 Å². The maximum absolute atomic E-state index is 7.71. The number of hydrogen-bond acceptors (Lipinski definition) is 4. The van der Waals surface area contributed by atoms with Gasteiger partial charge in [0, 0.05) is 13.6 Å². The van der Waals surface area contributed by atoms with Gasteiger partial charge < -0.3 is 15.5 Å². The van der Waals surface area contributed by atoms with Crippen molar-refractivity contribution in [1.82, 2.24) is 15.1 Å². The molecule has 1 atom stereocenters. The number of allylic oxidation sites excluding steroid dienone is 1. The van der Waals surface area contributed by atoms with Crippen molar-refractivity contribution in [2.75, 3.05) is 13.6 Å². The summed E-state index contributed by atoms with van der Waals surface area (Å²) in [5, 5.41) is 14.8. The molecule has 0 saturated heterocycles. The number of likely N-dealkylation sites (N-methyl/N-ethyl adjacent to an activating group) is 1. The lowest BCUT2D eigenvalue weighted by atomic mass is 10.2. The van der Waals surface area contributed by atoms with E-state index in [0.717, 1.165) is 6.54 Å². The molecule has 0 unspecified atom stereocenters. The molecular formula is C11H18N4O. The van der Waals surface area contributed by atoms with Crippen LogP contribution in [0.25, 0.3) is 0 Å². The molecule has 5 nitrogen and oxygen atoms in total. The minimum absolute atomic E-state index is 0.0248. The molecule has 0 aromatic carbocycles. The summed E-state index contributed by atoms with van der Waals surface area (Å²) in [6.45, 7) is 6.28. The van der Waals surface area contributed by atoms with Gasteiger partial charge in [0.25, 0.3) is 0 Å². The van der Waals surface area contributed by atoms with Gasteiger partial charge in [0.05, 0.1) is 17.5 Å². The fraction of sp³-hybridized carbons (Fsp3) is 0.455. The average Bonchev–Trinajstić information content (AvgIpc) is 2.60. The zero-order valence-corrected chi connectivity index (χ0v) is 9.95. The highest BCUT2D eigenvalue weighted by Gasteiger charge is 2.15. The maximum atomic E-state index is 7.71. The minimum Gasteiger partial charge on any atom is -0.473 e. The van der Waals surface area contributed by atoms with Crippen LogP contribution in [0.5, 0.6) is 5.88 Å². The van der Waals surface area contributed by atoms with E-state index in [-0.39, 0.29) is 6.10 Å². The fourth-order valence-electron chi connectivity index (χ4n) is 1.38. The highest BCUT2D eigenvalue weighted by molar-refractivity contribution is 6.07. The first-order valence-corrected chi connectivity index (χ1v) is 5.14. The Kier molecular flexibility index (Phi) is 4.25. The Morgan fingerprint density at radius 3 is 3.06 bits per heavy atom. The van der Waals surface area contributed by atoms with Gasteiger partial charge in [-0.25, -0.2) is 4.68 Å². The first-order valence-electron chi connectivity index (χ1n) is 5.14. The third-order valence-corrected chi connectivity index (χ3v) is 2.18. The molecule has 16 heavy (non-hydrogen) atoms. The second-order valence-electron chi connectivity index (χ2n) is 3.59. The zero-order chi connectivity index (χ0) is 12.1. The molecule has 0 fully saturated rings. The molecule has 0 aliphatic heterocycles. The topological polar surface area (TPSA) is 62.9 Å². The maximum Gasteiger partial charge on any atom is 0.221 e. The summed E-state index contributed by atoms with van der Waals surface area (Å²) in [5.74, 6) is 0.604. The Bertz CT molecular complexity index is 383. The number of ether oxygens (including phenoxy) is 1. The third-order valence-electron chi connectivity index (χ3n) is 2.18. The average molecular weight is 222 g/mol. The van der Waals surface area contributed by atoms with Crippen molar-refractivity contribution in [2.24, 2.45) is 7.05 Å². The van der Waals surface area contributed by atoms with Gasteiger partial charge in [0.15, 0.2) is 0 Å². The van der Waals surface area contributed by atoms with E-state index < -0.39 is 0 Å². The first kappa shape index (κ1) is 12.4. The Balaban J connectivity index is 2.89. The van der Waals surface area contributed by atoms with Crippen molar-refractivity contribution < 1.29 is 4.74 Å². The van der Waals surface area contributed by atoms with Crippen molar-refractivity contribution in [3.63, 3.8) is 0 Å². The van der Waals surface area contributed by atoms with E-state index in [9.17, 15) is 0 Å². The largest absolute Gasteiger partial charge is 0.473 e. The number of nitrogens with one attached hydrogen (secondary N) is 2. The van der Waals surface area contributed by atoms with E-state index in [4.69, 9.17) is 10.1 Å². The number of rotatable bonds is 6. The van der Waals surface area contributed by atoms with Crippen molar-refractivity contribution in [2.45, 2.75) is 13.0 Å². The summed E-state index contributed by atoms with van der Waals surface area (Å²) in [6.07, 6.45) is 3.12. The van der Waals surface area contributed by atoms with Crippen LogP contribution in [0.1, 0.15) is 12.5 Å². The van der Waals surface area contributed by atoms with Crippen LogP contribution < -0.4 is 10.1 Å². The van der Waals surface area contributed by atoms with Crippen molar-refractivity contribution in [1.29, 1.82) is 5.41 Å². The fourth-order valence-corrected chi connectivity index (χ4v) is 1.38. The molecule has 5 heteroatoms. The van der Waals surface area contributed by atoms with E-state index in [2.05, 4.69) is 17.0 Å². The van der Waals surface area contributed by atoms with Gasteiger partial charge in [-0.1, -0.05) is 6.58 Å². The summed E-state index contributed by atoms with van der Waals surface area (Å²) >= 11 is 0. The summed E-state index contributed by atoms with van der Waals surface area (Å²) in [4.78, 5) is 0. The Hall–Kier alpha value is -1.62. The molecule has 0 radical (unpaired) electrons. The van der Waals surface area contributed by atoms with Crippen LogP contribution in [0, 0.1) is 5.41 Å². The van der Waals surface area contributed by atoms with E-state index in [1.807, 2.05) is 14.0 Å². The molecule has 1 aromatic rings. The molecule has 1 heterocycles. The lowest BCUT2D eigenvalue weighted by molar-refractivity contribution is 0.202. The van der Waals surface area contributed by atoms with E-state index in [1.54, 1.807) is 17.9 Å². The zero-order valence-electron chi connectivity index (χ0n) is 9.95. The molecular weight excluding hydrogens is 204 g/mol. The monoisotopic (exact) mass is 222 g/mol. The van der Waals surface area contributed by atoms with Crippen molar-refractivity contribution in [3.05, 3.63) is 24.4 Å². The quantitative estimate of drug-likeness (QED) is 0.705. The van der Waals surface area contributed by atoms with Crippen LogP contribution in [-0.4, -0.2) is 35.2 Å². The van der Waals surface area contributed by atoms with Crippen LogP contribution in [0.15, 0.2) is 18.9 Å². The summed E-state index contributed by atoms with van der Waals surface area (Å²) in [6, 6.07) is 0. The second-order valence-corrected chi connectivity index (χ2v) is 3.59. The van der Waals surface area contributed by atoms with Crippen LogP contribution in [0.3, 0.4) is 0 Å². The van der Waals surface area contributed by atoms with Crippen LogP contribution >= 0.6 is 0 Å². The van der Waals surface area contributed by atoms with E-state index in [0.29, 0.717) is 17.2 Å². The molecule has 88 valence electrons. The highest BCUT2D eigenvalue weighted by atomic mass is 16.5. The van der Waals surface area contributed by atoms with Gasteiger partial charge in [-0.05, 0) is 20.0 Å². The number of hydrogen-bond donors (Lipinski definition) is 2. The summed E-state index contributed by atoms with van der Waals surface area (Å²) in [7, 11) is 3.66. The third kappa shape index (κ3) is 2.70. The normalized spacial score (nSPS) is 12.2. The van der Waals surface area contributed by atoms with Crippen LogP contribution in [0.2, 0.25) is 0 Å². The molecule has 0 saturated carbocycles. The summed E-state index contributed by atoms with van der Waals surface area (Å²) < 4.78 is 7.35. The highest BCUT2D eigenvalue weighted by Crippen LogP contribution is 2.19. The lowest BCUT2D eigenvalue weighted by Gasteiger charge is -2.15. The number of nitrogens with zero attached hydrogens (tertiary/aromatic N) is 2. The van der Waals surface area contributed by atoms with Gasteiger partial charge in [-0.15, -0.1) is 0 Å². The summed E-state index contributed by atoms with van der Waals surface area (Å²) in [5.41, 5.74) is 0.986. The standard InChI is InChI=1S/C11H18N4O/c1-5-10(12)9-7-14-15(4)11(9)16-8(2)6-13-3/h5,7-8,12-13H,1,6H2,2-4H3/t8-/m0/s1. The van der Waals surface area contributed by atoms with Crippen molar-refractivity contribution in [3.8, 4) is 5.88 Å². The second kappa shape index (κ2) is 5.46. The SMILES string of the molecule is C=CC(=N)c1cnn(C)c1O[C@@H](C)CNC. The lowest BCUT2D eigenvalue weighted by Crippen LogP contribution is -2.27. The smallest absolute Gasteiger partial charge is 0.221 e. The van der Waals surface area contributed by atoms with Gasteiger partial charge in [-0.3, -0.25) is 0 Å². The number of aromatic nitrogens is 2. The van der Waals surface area contributed by atoms with E-state index >= 15 is 0 Å². The van der Waals surface area contributed by atoms with Crippen LogP contribution in [-0.2, 0) is 7.05 Å². The minimum atomic E-state index is 0.0248. The molecule has 0 aliphatic rings. The Labute approximate surface area is 95.6 Å². The molecule has 0 aliphatic carbocycles. The predicted octanol–water partition coefficient (Wildman–Crippen LogP) is 0.961.